The number of quaternary nitrogens is 1. The molecule has 0 radical (unpaired) electrons. The molecule has 9 nitrogen and oxygen atoms in total. The third kappa shape index (κ3) is 57.3. The van der Waals surface area contributed by atoms with Crippen LogP contribution >= 0.6 is 0 Å². The fourth-order valence-corrected chi connectivity index (χ4v) is 9.33. The standard InChI is InChI=1S/C64H121NO8/c1-6-8-10-12-14-16-18-20-22-24-26-28-29-30-31-32-33-35-36-38-40-42-44-46-48-50-52-54-61(66)71-58-60(59-72-64(63(68)69)70-57-56-65(3,4)5)73-62(67)55-53-51-49-47-45-43-41-39-37-34-27-25-23-21-19-17-15-13-11-9-7-2/h19,21,25,27,60,64H,6-18,20,22-24,26,28-59H2,1-5H3/b21-19-,27-25-. The van der Waals surface area contributed by atoms with E-state index in [1.54, 1.807) is 0 Å². The summed E-state index contributed by atoms with van der Waals surface area (Å²) in [5, 5.41) is 11.8. The predicted octanol–water partition coefficient (Wildman–Crippen LogP) is 17.4. The van der Waals surface area contributed by atoms with Gasteiger partial charge in [-0.05, 0) is 44.9 Å². The number of carbonyl (C=O) groups excluding carboxylic acids is 3. The van der Waals surface area contributed by atoms with Gasteiger partial charge in [0.2, 0.25) is 0 Å². The van der Waals surface area contributed by atoms with Gasteiger partial charge in [-0.2, -0.15) is 0 Å². The maximum Gasteiger partial charge on any atom is 0.306 e. The SMILES string of the molecule is CCCCCCC/C=C\C/C=C\CCCCCCCCCCCC(=O)OC(COC(=O)CCCCCCCCCCCCCCCCCCCCCCCCCCCCC)COC(OCC[N+](C)(C)C)C(=O)[O-]. The van der Waals surface area contributed by atoms with Crippen LogP contribution in [0.3, 0.4) is 0 Å². The van der Waals surface area contributed by atoms with E-state index >= 15 is 0 Å². The zero-order valence-electron chi connectivity index (χ0n) is 49.0. The average molecular weight is 1030 g/mol. The van der Waals surface area contributed by atoms with Crippen molar-refractivity contribution in [1.29, 1.82) is 0 Å². The zero-order valence-corrected chi connectivity index (χ0v) is 49.0. The van der Waals surface area contributed by atoms with Crippen LogP contribution < -0.4 is 5.11 Å². The Morgan fingerprint density at radius 3 is 1.08 bits per heavy atom. The molecule has 0 N–H and O–H groups in total. The summed E-state index contributed by atoms with van der Waals surface area (Å²) in [7, 11) is 5.93. The minimum Gasteiger partial charge on any atom is -0.545 e. The first-order valence-electron chi connectivity index (χ1n) is 31.5. The summed E-state index contributed by atoms with van der Waals surface area (Å²) in [6, 6.07) is 0. The van der Waals surface area contributed by atoms with Crippen LogP contribution in [-0.2, 0) is 33.3 Å². The van der Waals surface area contributed by atoms with Crippen LogP contribution in [0.1, 0.15) is 309 Å². The smallest absolute Gasteiger partial charge is 0.306 e. The summed E-state index contributed by atoms with van der Waals surface area (Å²) < 4.78 is 22.8. The van der Waals surface area contributed by atoms with Crippen molar-refractivity contribution in [2.24, 2.45) is 0 Å². The summed E-state index contributed by atoms with van der Waals surface area (Å²) >= 11 is 0. The van der Waals surface area contributed by atoms with Crippen LogP contribution in [-0.4, -0.2) is 82.3 Å². The number of unbranched alkanes of at least 4 members (excludes halogenated alkanes) is 40. The van der Waals surface area contributed by atoms with E-state index in [4.69, 9.17) is 18.9 Å². The predicted molar refractivity (Wildman–Crippen MR) is 306 cm³/mol. The molecule has 0 aliphatic carbocycles. The fraction of sp³-hybridized carbons (Fsp3) is 0.891. The summed E-state index contributed by atoms with van der Waals surface area (Å²) in [4.78, 5) is 37.4. The minimum atomic E-state index is -1.62. The highest BCUT2D eigenvalue weighted by Gasteiger charge is 2.22. The van der Waals surface area contributed by atoms with Crippen molar-refractivity contribution >= 4 is 17.9 Å². The second kappa shape index (κ2) is 56.0. The molecule has 430 valence electrons. The minimum absolute atomic E-state index is 0.149. The van der Waals surface area contributed by atoms with E-state index in [1.165, 1.54) is 225 Å². The van der Waals surface area contributed by atoms with Gasteiger partial charge in [-0.1, -0.05) is 276 Å². The first kappa shape index (κ1) is 70.8. The van der Waals surface area contributed by atoms with E-state index in [9.17, 15) is 19.5 Å². The van der Waals surface area contributed by atoms with Gasteiger partial charge in [0, 0.05) is 12.8 Å². The molecule has 9 heteroatoms. The largest absolute Gasteiger partial charge is 0.545 e. The van der Waals surface area contributed by atoms with Crippen LogP contribution in [0.5, 0.6) is 0 Å². The average Bonchev–Trinajstić information content (AvgIpc) is 3.36. The number of allylic oxidation sites excluding steroid dienone is 4. The van der Waals surface area contributed by atoms with Gasteiger partial charge in [0.15, 0.2) is 12.4 Å². The lowest BCUT2D eigenvalue weighted by Gasteiger charge is -2.26. The maximum atomic E-state index is 12.9. The third-order valence-corrected chi connectivity index (χ3v) is 14.2. The van der Waals surface area contributed by atoms with Crippen LogP contribution in [0.15, 0.2) is 24.3 Å². The van der Waals surface area contributed by atoms with Crippen molar-refractivity contribution in [1.82, 2.24) is 0 Å². The molecule has 0 aliphatic rings. The molecular formula is C64H121NO8. The number of carbonyl (C=O) groups is 3. The van der Waals surface area contributed by atoms with Gasteiger partial charge in [-0.25, -0.2) is 0 Å². The number of nitrogens with zero attached hydrogens (tertiary/aromatic N) is 1. The number of aliphatic carboxylic acids is 1. The second-order valence-corrected chi connectivity index (χ2v) is 22.7. The fourth-order valence-electron chi connectivity index (χ4n) is 9.33. The lowest BCUT2D eigenvalue weighted by Crippen LogP contribution is -2.44. The zero-order chi connectivity index (χ0) is 53.4. The lowest BCUT2D eigenvalue weighted by atomic mass is 10.0. The molecule has 0 bridgehead atoms. The molecule has 0 rings (SSSR count). The van der Waals surface area contributed by atoms with Gasteiger partial charge in [0.1, 0.15) is 13.2 Å². The number of likely N-dealkylation sites (N-methyl/N-ethyl adjacent to an activating group) is 1. The normalized spacial score (nSPS) is 12.8. The highest BCUT2D eigenvalue weighted by Crippen LogP contribution is 2.18. The van der Waals surface area contributed by atoms with Crippen molar-refractivity contribution in [2.45, 2.75) is 322 Å². The molecule has 0 aromatic rings. The van der Waals surface area contributed by atoms with E-state index in [1.807, 2.05) is 21.1 Å². The van der Waals surface area contributed by atoms with Crippen molar-refractivity contribution in [3.8, 4) is 0 Å². The Morgan fingerprint density at radius 1 is 0.411 bits per heavy atom. The van der Waals surface area contributed by atoms with Crippen LogP contribution in [0.4, 0.5) is 0 Å². The Morgan fingerprint density at radius 2 is 0.740 bits per heavy atom. The molecule has 0 aromatic carbocycles. The molecule has 2 atom stereocenters. The molecule has 0 amide bonds. The van der Waals surface area contributed by atoms with Gasteiger partial charge in [0.25, 0.3) is 0 Å². The molecule has 0 saturated carbocycles. The van der Waals surface area contributed by atoms with Crippen molar-refractivity contribution in [2.75, 3.05) is 47.5 Å². The Bertz CT molecular complexity index is 1250. The molecule has 2 unspecified atom stereocenters. The van der Waals surface area contributed by atoms with Gasteiger partial charge < -0.3 is 33.3 Å². The highest BCUT2D eigenvalue weighted by atomic mass is 16.7. The Labute approximate surface area is 452 Å². The summed E-state index contributed by atoms with van der Waals surface area (Å²) in [5.41, 5.74) is 0. The van der Waals surface area contributed by atoms with E-state index < -0.39 is 24.3 Å². The number of rotatable bonds is 59. The van der Waals surface area contributed by atoms with Gasteiger partial charge in [-0.3, -0.25) is 9.59 Å². The van der Waals surface area contributed by atoms with E-state index in [0.717, 1.165) is 51.4 Å². The summed E-state index contributed by atoms with van der Waals surface area (Å²) in [5.74, 6) is -2.27. The van der Waals surface area contributed by atoms with Crippen LogP contribution in [0, 0.1) is 0 Å². The summed E-state index contributed by atoms with van der Waals surface area (Å²) in [6.07, 6.45) is 63.8. The molecule has 0 spiro atoms. The third-order valence-electron chi connectivity index (χ3n) is 14.2. The molecule has 0 saturated heterocycles. The van der Waals surface area contributed by atoms with E-state index in [0.29, 0.717) is 23.9 Å². The first-order chi connectivity index (χ1) is 35.6. The quantitative estimate of drug-likeness (QED) is 0.0195. The Kier molecular flexibility index (Phi) is 54.3. The van der Waals surface area contributed by atoms with Crippen molar-refractivity contribution < 1.29 is 42.9 Å². The number of carboxylic acids is 1. The number of carboxylic acid groups (broad SMARTS) is 1. The van der Waals surface area contributed by atoms with Crippen LogP contribution in [0.25, 0.3) is 0 Å². The van der Waals surface area contributed by atoms with Gasteiger partial charge in [-0.15, -0.1) is 0 Å². The number of hydrogen-bond acceptors (Lipinski definition) is 8. The Hall–Kier alpha value is -2.23. The van der Waals surface area contributed by atoms with Crippen molar-refractivity contribution in [3.63, 3.8) is 0 Å². The number of esters is 2. The molecule has 0 fully saturated rings. The number of ether oxygens (including phenoxy) is 4. The monoisotopic (exact) mass is 1030 g/mol. The molecule has 0 heterocycles. The maximum absolute atomic E-state index is 12.9. The molecule has 73 heavy (non-hydrogen) atoms. The molecule has 0 aromatic heterocycles. The first-order valence-corrected chi connectivity index (χ1v) is 31.5. The van der Waals surface area contributed by atoms with Crippen LogP contribution in [0.2, 0.25) is 0 Å². The van der Waals surface area contributed by atoms with Crippen molar-refractivity contribution in [3.05, 3.63) is 24.3 Å². The lowest BCUT2D eigenvalue weighted by molar-refractivity contribution is -0.870. The molecular weight excluding hydrogens is 911 g/mol. The summed E-state index contributed by atoms with van der Waals surface area (Å²) in [6.45, 7) is 4.79. The van der Waals surface area contributed by atoms with Gasteiger partial charge in [0.05, 0.1) is 40.3 Å². The van der Waals surface area contributed by atoms with E-state index in [2.05, 4.69) is 38.2 Å². The topological polar surface area (TPSA) is 111 Å². The molecule has 0 aliphatic heterocycles. The van der Waals surface area contributed by atoms with E-state index in [-0.39, 0.29) is 32.2 Å². The Balaban J connectivity index is 4.14. The number of hydrogen-bond donors (Lipinski definition) is 0. The second-order valence-electron chi connectivity index (χ2n) is 22.7. The van der Waals surface area contributed by atoms with Gasteiger partial charge >= 0.3 is 11.9 Å². The highest BCUT2D eigenvalue weighted by molar-refractivity contribution is 5.70.